The lowest BCUT2D eigenvalue weighted by Crippen LogP contribution is -2.01. The molecule has 0 bridgehead atoms. The Balaban J connectivity index is 1.03. The summed E-state index contributed by atoms with van der Waals surface area (Å²) in [6, 6.07) is 73.4. The molecule has 65 heavy (non-hydrogen) atoms. The summed E-state index contributed by atoms with van der Waals surface area (Å²) in [7, 11) is 0. The van der Waals surface area contributed by atoms with Crippen LogP contribution < -0.4 is 0 Å². The Kier molecular flexibility index (Phi) is 7.79. The molecule has 4 heterocycles. The van der Waals surface area contributed by atoms with Gasteiger partial charge in [-0.05, 0) is 64.2 Å². The van der Waals surface area contributed by atoms with Crippen molar-refractivity contribution < 1.29 is 4.42 Å². The van der Waals surface area contributed by atoms with Crippen LogP contribution in [-0.4, -0.2) is 19.5 Å². The number of rotatable bonds is 5. The highest BCUT2D eigenvalue weighted by Gasteiger charge is 2.23. The molecule has 302 valence electrons. The molecular formula is C59H34N4OS. The molecule has 14 rings (SSSR count). The third-order valence-corrected chi connectivity index (χ3v) is 14.1. The second kappa shape index (κ2) is 14.0. The lowest BCUT2D eigenvalue weighted by Gasteiger charge is -2.15. The number of nitrogens with zero attached hydrogens (tertiary/aromatic N) is 4. The van der Waals surface area contributed by atoms with Crippen LogP contribution in [0.1, 0.15) is 0 Å². The van der Waals surface area contributed by atoms with Crippen molar-refractivity contribution in [2.75, 3.05) is 0 Å². The molecule has 0 radical (unpaired) electrons. The summed E-state index contributed by atoms with van der Waals surface area (Å²) in [5, 5.41) is 12.1. The van der Waals surface area contributed by atoms with Gasteiger partial charge < -0.3 is 8.98 Å². The maximum atomic E-state index is 6.33. The summed E-state index contributed by atoms with van der Waals surface area (Å²) in [6.45, 7) is 0. The highest BCUT2D eigenvalue weighted by molar-refractivity contribution is 7.25. The van der Waals surface area contributed by atoms with Crippen molar-refractivity contribution in [2.24, 2.45) is 0 Å². The van der Waals surface area contributed by atoms with Crippen LogP contribution >= 0.6 is 11.3 Å². The van der Waals surface area contributed by atoms with Crippen LogP contribution in [0, 0.1) is 0 Å². The quantitative estimate of drug-likeness (QED) is 0.162. The van der Waals surface area contributed by atoms with Crippen LogP contribution in [0.5, 0.6) is 0 Å². The first-order valence-corrected chi connectivity index (χ1v) is 22.7. The van der Waals surface area contributed by atoms with Crippen LogP contribution in [0.2, 0.25) is 0 Å². The maximum absolute atomic E-state index is 6.33. The molecule has 0 saturated carbocycles. The molecule has 0 spiro atoms. The normalized spacial score (nSPS) is 12.0. The molecule has 0 aliphatic rings. The molecule has 10 aromatic carbocycles. The topological polar surface area (TPSA) is 56.7 Å². The zero-order chi connectivity index (χ0) is 42.6. The number of fused-ring (bicyclic) bond motifs is 14. The fourth-order valence-electron chi connectivity index (χ4n) is 10.1. The lowest BCUT2D eigenvalue weighted by atomic mass is 9.96. The number of para-hydroxylation sites is 2. The van der Waals surface area contributed by atoms with Crippen LogP contribution in [0.15, 0.2) is 211 Å². The van der Waals surface area contributed by atoms with Gasteiger partial charge in [-0.3, -0.25) is 0 Å². The third-order valence-electron chi connectivity index (χ3n) is 13.0. The van der Waals surface area contributed by atoms with E-state index in [0.717, 1.165) is 49.8 Å². The first kappa shape index (κ1) is 36.1. The van der Waals surface area contributed by atoms with E-state index < -0.39 is 0 Å². The van der Waals surface area contributed by atoms with Gasteiger partial charge in [0.25, 0.3) is 0 Å². The summed E-state index contributed by atoms with van der Waals surface area (Å²) in [4.78, 5) is 15.5. The molecule has 0 saturated heterocycles. The van der Waals surface area contributed by atoms with Crippen LogP contribution in [-0.2, 0) is 0 Å². The van der Waals surface area contributed by atoms with Crippen molar-refractivity contribution in [1.82, 2.24) is 19.5 Å². The van der Waals surface area contributed by atoms with E-state index in [4.69, 9.17) is 19.4 Å². The van der Waals surface area contributed by atoms with Crippen molar-refractivity contribution in [2.45, 2.75) is 0 Å². The van der Waals surface area contributed by atoms with Crippen molar-refractivity contribution in [3.8, 4) is 51.0 Å². The van der Waals surface area contributed by atoms with Crippen LogP contribution in [0.25, 0.3) is 136 Å². The van der Waals surface area contributed by atoms with Gasteiger partial charge in [-0.15, -0.1) is 11.3 Å². The summed E-state index contributed by atoms with van der Waals surface area (Å²) in [5.41, 5.74) is 10.0. The molecule has 14 aromatic rings. The number of hydrogen-bond acceptors (Lipinski definition) is 5. The molecule has 6 heteroatoms. The number of benzene rings is 10. The Labute approximate surface area is 376 Å². The third kappa shape index (κ3) is 5.54. The number of thiophene rings is 1. The molecule has 0 atom stereocenters. The highest BCUT2D eigenvalue weighted by atomic mass is 32.1. The van der Waals surface area contributed by atoms with E-state index >= 15 is 0 Å². The van der Waals surface area contributed by atoms with Gasteiger partial charge in [-0.1, -0.05) is 164 Å². The second-order valence-electron chi connectivity index (χ2n) is 16.7. The molecule has 0 aliphatic heterocycles. The predicted octanol–water partition coefficient (Wildman–Crippen LogP) is 16.2. The van der Waals surface area contributed by atoms with E-state index in [0.29, 0.717) is 17.5 Å². The van der Waals surface area contributed by atoms with E-state index in [1.807, 2.05) is 65.9 Å². The summed E-state index contributed by atoms with van der Waals surface area (Å²) in [5.74, 6) is 1.77. The standard InChI is InChI=1S/C59H34N4OS/c1-2-14-35(15-3-1)57-60-58(62-59(61-57)38-29-30-44-43-20-8-10-26-50(43)64-51(44)33-38)37-16-12-17-39(32-37)63-55-40(36-28-31-46-45-21-9-11-27-52(45)65-53(46)34-36)24-13-25-49(55)54-47-22-6-4-18-41(47)42-19-5-7-23-48(42)56(54)63/h1-34H. The van der Waals surface area contributed by atoms with Crippen LogP contribution in [0.4, 0.5) is 0 Å². The zero-order valence-corrected chi connectivity index (χ0v) is 35.6. The van der Waals surface area contributed by atoms with Gasteiger partial charge in [-0.2, -0.15) is 0 Å². The molecule has 0 amide bonds. The van der Waals surface area contributed by atoms with Gasteiger partial charge in [0.1, 0.15) is 11.2 Å². The van der Waals surface area contributed by atoms with Crippen LogP contribution in [0.3, 0.4) is 0 Å². The first-order chi connectivity index (χ1) is 32.2. The number of furan rings is 1. The Morgan fingerprint density at radius 1 is 0.338 bits per heavy atom. The molecule has 0 unspecified atom stereocenters. The summed E-state index contributed by atoms with van der Waals surface area (Å²) >= 11 is 1.85. The number of aromatic nitrogens is 4. The first-order valence-electron chi connectivity index (χ1n) is 21.8. The maximum Gasteiger partial charge on any atom is 0.164 e. The molecular weight excluding hydrogens is 813 g/mol. The Morgan fingerprint density at radius 2 is 0.908 bits per heavy atom. The van der Waals surface area contributed by atoms with Gasteiger partial charge in [-0.25, -0.2) is 15.0 Å². The Hall–Kier alpha value is -8.45. The lowest BCUT2D eigenvalue weighted by molar-refractivity contribution is 0.669. The smallest absolute Gasteiger partial charge is 0.164 e. The summed E-state index contributed by atoms with van der Waals surface area (Å²) < 4.78 is 11.4. The van der Waals surface area contributed by atoms with Gasteiger partial charge in [0.05, 0.1) is 11.0 Å². The van der Waals surface area contributed by atoms with E-state index in [-0.39, 0.29) is 0 Å². The molecule has 4 aromatic heterocycles. The minimum atomic E-state index is 0.579. The van der Waals surface area contributed by atoms with E-state index in [2.05, 4.69) is 156 Å². The average Bonchev–Trinajstić information content (AvgIpc) is 4.06. The van der Waals surface area contributed by atoms with Crippen molar-refractivity contribution >= 4 is 96.8 Å². The second-order valence-corrected chi connectivity index (χ2v) is 17.8. The Morgan fingerprint density at radius 3 is 1.74 bits per heavy atom. The van der Waals surface area contributed by atoms with E-state index in [1.54, 1.807) is 0 Å². The SMILES string of the molecule is c1ccc(-c2nc(-c3cccc(-n4c5c(-c6ccc7c(c6)sc6ccccc67)cccc5c5c6ccccc6c6ccccc6c54)c3)nc(-c3ccc4c(c3)oc3ccccc34)n2)cc1. The van der Waals surface area contributed by atoms with Gasteiger partial charge in [0.15, 0.2) is 17.5 Å². The molecule has 0 aliphatic carbocycles. The minimum Gasteiger partial charge on any atom is -0.456 e. The van der Waals surface area contributed by atoms with Gasteiger partial charge in [0, 0.05) is 75.0 Å². The number of hydrogen-bond donors (Lipinski definition) is 0. The van der Waals surface area contributed by atoms with Crippen molar-refractivity contribution in [3.05, 3.63) is 206 Å². The predicted molar refractivity (Wildman–Crippen MR) is 271 cm³/mol. The fourth-order valence-corrected chi connectivity index (χ4v) is 11.3. The van der Waals surface area contributed by atoms with Crippen molar-refractivity contribution in [3.63, 3.8) is 0 Å². The monoisotopic (exact) mass is 846 g/mol. The molecule has 5 nitrogen and oxygen atoms in total. The van der Waals surface area contributed by atoms with Gasteiger partial charge in [0.2, 0.25) is 0 Å². The van der Waals surface area contributed by atoms with Crippen molar-refractivity contribution in [1.29, 1.82) is 0 Å². The average molecular weight is 847 g/mol. The fraction of sp³-hybridized carbons (Fsp3) is 0. The minimum absolute atomic E-state index is 0.579. The highest BCUT2D eigenvalue weighted by Crippen LogP contribution is 2.46. The molecule has 0 fully saturated rings. The van der Waals surface area contributed by atoms with E-state index in [1.165, 1.54) is 69.1 Å². The largest absolute Gasteiger partial charge is 0.456 e. The summed E-state index contributed by atoms with van der Waals surface area (Å²) in [6.07, 6.45) is 0. The van der Waals surface area contributed by atoms with Gasteiger partial charge >= 0.3 is 0 Å². The molecule has 0 N–H and O–H groups in total. The Bertz CT molecular complexity index is 4260. The van der Waals surface area contributed by atoms with E-state index in [9.17, 15) is 0 Å². The zero-order valence-electron chi connectivity index (χ0n) is 34.7.